The number of carbonyl (C=O) groups excluding carboxylic acids is 1. The summed E-state index contributed by atoms with van der Waals surface area (Å²) in [6.45, 7) is 0.257. The Labute approximate surface area is 183 Å². The molecule has 8 heteroatoms. The minimum Gasteiger partial charge on any atom is -0.348 e. The van der Waals surface area contributed by atoms with Gasteiger partial charge in [0.15, 0.2) is 11.6 Å². The first-order valence-corrected chi connectivity index (χ1v) is 10.1. The predicted molar refractivity (Wildman–Crippen MR) is 118 cm³/mol. The van der Waals surface area contributed by atoms with E-state index in [1.54, 1.807) is 36.5 Å². The van der Waals surface area contributed by atoms with E-state index in [0.717, 1.165) is 17.8 Å². The average molecular weight is 433 g/mol. The van der Waals surface area contributed by atoms with Gasteiger partial charge >= 0.3 is 0 Å². The second-order valence-electron chi connectivity index (χ2n) is 7.27. The van der Waals surface area contributed by atoms with Gasteiger partial charge in [-0.15, -0.1) is 0 Å². The first kappa shape index (κ1) is 21.3. The summed E-state index contributed by atoms with van der Waals surface area (Å²) < 4.78 is 26.8. The first-order chi connectivity index (χ1) is 15.5. The molecule has 2 heterocycles. The van der Waals surface area contributed by atoms with Crippen molar-refractivity contribution in [3.8, 4) is 22.5 Å². The SMILES string of the molecule is NC[C@@H](Cc1ccccn1)NC(=O)c1ccccc1-c1cc(-c2ccc(F)c(F)c2)[nH]n1. The molecule has 0 saturated carbocycles. The summed E-state index contributed by atoms with van der Waals surface area (Å²) in [5, 5.41) is 10.0. The molecule has 4 rings (SSSR count). The van der Waals surface area contributed by atoms with E-state index in [4.69, 9.17) is 5.73 Å². The van der Waals surface area contributed by atoms with E-state index in [0.29, 0.717) is 34.5 Å². The van der Waals surface area contributed by atoms with Gasteiger partial charge in [-0.2, -0.15) is 5.10 Å². The van der Waals surface area contributed by atoms with Crippen LogP contribution in [0.3, 0.4) is 0 Å². The van der Waals surface area contributed by atoms with Gasteiger partial charge in [0.1, 0.15) is 0 Å². The molecule has 0 fully saturated rings. The van der Waals surface area contributed by atoms with Gasteiger partial charge in [-0.1, -0.05) is 24.3 Å². The van der Waals surface area contributed by atoms with Crippen LogP contribution in [-0.2, 0) is 6.42 Å². The van der Waals surface area contributed by atoms with Crippen LogP contribution in [0.2, 0.25) is 0 Å². The Kier molecular flexibility index (Phi) is 6.32. The Morgan fingerprint density at radius 3 is 2.59 bits per heavy atom. The minimum absolute atomic E-state index is 0.257. The fraction of sp³-hybridized carbons (Fsp3) is 0.125. The van der Waals surface area contributed by atoms with Crippen LogP contribution in [0.1, 0.15) is 16.1 Å². The number of hydrogen-bond donors (Lipinski definition) is 3. The van der Waals surface area contributed by atoms with Crippen molar-refractivity contribution in [3.63, 3.8) is 0 Å². The monoisotopic (exact) mass is 433 g/mol. The first-order valence-electron chi connectivity index (χ1n) is 10.1. The third kappa shape index (κ3) is 4.70. The van der Waals surface area contributed by atoms with E-state index in [1.165, 1.54) is 6.07 Å². The second kappa shape index (κ2) is 9.49. The fourth-order valence-corrected chi connectivity index (χ4v) is 3.40. The number of nitrogens with two attached hydrogens (primary N) is 1. The highest BCUT2D eigenvalue weighted by Crippen LogP contribution is 2.27. The zero-order valence-electron chi connectivity index (χ0n) is 17.1. The standard InChI is InChI=1S/C24H21F2N5O/c25-20-9-8-15(11-21(20)26)22-13-23(31-30-22)18-6-1-2-7-19(18)24(32)29-17(14-27)12-16-5-3-4-10-28-16/h1-11,13,17H,12,14,27H2,(H,29,32)(H,30,31)/t17-/m1/s1. The molecule has 0 aliphatic rings. The Balaban J connectivity index is 1.57. The Morgan fingerprint density at radius 2 is 1.84 bits per heavy atom. The van der Waals surface area contributed by atoms with Crippen LogP contribution < -0.4 is 11.1 Å². The van der Waals surface area contributed by atoms with Gasteiger partial charge in [-0.05, 0) is 42.5 Å². The lowest BCUT2D eigenvalue weighted by Crippen LogP contribution is -2.42. The number of aromatic amines is 1. The smallest absolute Gasteiger partial charge is 0.252 e. The molecule has 4 aromatic rings. The Bertz CT molecular complexity index is 1230. The molecule has 0 bridgehead atoms. The van der Waals surface area contributed by atoms with E-state index >= 15 is 0 Å². The zero-order valence-corrected chi connectivity index (χ0v) is 17.1. The molecule has 4 N–H and O–H groups in total. The van der Waals surface area contributed by atoms with Crippen molar-refractivity contribution >= 4 is 5.91 Å². The lowest BCUT2D eigenvalue weighted by atomic mass is 10.0. The number of halogens is 2. The molecule has 32 heavy (non-hydrogen) atoms. The molecule has 0 unspecified atom stereocenters. The number of amides is 1. The van der Waals surface area contributed by atoms with Gasteiger partial charge < -0.3 is 11.1 Å². The van der Waals surface area contributed by atoms with Crippen LogP contribution in [0.25, 0.3) is 22.5 Å². The molecular weight excluding hydrogens is 412 g/mol. The van der Waals surface area contributed by atoms with Crippen LogP contribution in [0.15, 0.2) is 72.9 Å². The van der Waals surface area contributed by atoms with E-state index in [9.17, 15) is 13.6 Å². The van der Waals surface area contributed by atoms with Crippen molar-refractivity contribution < 1.29 is 13.6 Å². The van der Waals surface area contributed by atoms with E-state index in [2.05, 4.69) is 20.5 Å². The summed E-state index contributed by atoms with van der Waals surface area (Å²) in [5.74, 6) is -2.15. The van der Waals surface area contributed by atoms with Gasteiger partial charge in [-0.3, -0.25) is 14.9 Å². The van der Waals surface area contributed by atoms with Crippen LogP contribution in [0.4, 0.5) is 8.78 Å². The quantitative estimate of drug-likeness (QED) is 0.414. The number of rotatable bonds is 7. The minimum atomic E-state index is -0.945. The van der Waals surface area contributed by atoms with E-state index < -0.39 is 11.6 Å². The molecule has 6 nitrogen and oxygen atoms in total. The molecule has 1 atom stereocenters. The molecule has 0 radical (unpaired) electrons. The third-order valence-corrected chi connectivity index (χ3v) is 5.06. The summed E-state index contributed by atoms with van der Waals surface area (Å²) in [6.07, 6.45) is 2.20. The van der Waals surface area contributed by atoms with Gasteiger partial charge in [0, 0.05) is 47.6 Å². The maximum atomic E-state index is 13.6. The second-order valence-corrected chi connectivity index (χ2v) is 7.27. The van der Waals surface area contributed by atoms with Crippen molar-refractivity contribution in [2.45, 2.75) is 12.5 Å². The van der Waals surface area contributed by atoms with Gasteiger partial charge in [0.25, 0.3) is 5.91 Å². The van der Waals surface area contributed by atoms with Crippen molar-refractivity contribution in [3.05, 3.63) is 95.8 Å². The van der Waals surface area contributed by atoms with E-state index in [1.807, 2.05) is 18.2 Å². The summed E-state index contributed by atoms with van der Waals surface area (Å²) in [4.78, 5) is 17.3. The third-order valence-electron chi connectivity index (χ3n) is 5.06. The highest BCUT2D eigenvalue weighted by molar-refractivity contribution is 6.00. The maximum Gasteiger partial charge on any atom is 0.252 e. The molecular formula is C24H21F2N5O. The molecule has 162 valence electrons. The highest BCUT2D eigenvalue weighted by atomic mass is 19.2. The molecule has 0 aliphatic heterocycles. The van der Waals surface area contributed by atoms with Gasteiger partial charge in [-0.25, -0.2) is 8.78 Å². The van der Waals surface area contributed by atoms with Crippen molar-refractivity contribution in [2.24, 2.45) is 5.73 Å². The van der Waals surface area contributed by atoms with Crippen LogP contribution >= 0.6 is 0 Å². The molecule has 0 aliphatic carbocycles. The van der Waals surface area contributed by atoms with Crippen LogP contribution in [-0.4, -0.2) is 33.7 Å². The van der Waals surface area contributed by atoms with E-state index in [-0.39, 0.29) is 18.5 Å². The number of pyridine rings is 1. The molecule has 0 saturated heterocycles. The Hall–Kier alpha value is -3.91. The number of nitrogens with one attached hydrogen (secondary N) is 2. The van der Waals surface area contributed by atoms with Crippen molar-refractivity contribution in [1.29, 1.82) is 0 Å². The van der Waals surface area contributed by atoms with Gasteiger partial charge in [0.05, 0.1) is 11.4 Å². The summed E-state index contributed by atoms with van der Waals surface area (Å²) in [7, 11) is 0. The molecule has 2 aromatic carbocycles. The van der Waals surface area contributed by atoms with Crippen molar-refractivity contribution in [1.82, 2.24) is 20.5 Å². The van der Waals surface area contributed by atoms with Crippen LogP contribution in [0.5, 0.6) is 0 Å². The average Bonchev–Trinajstić information content (AvgIpc) is 3.31. The topological polar surface area (TPSA) is 96.7 Å². The number of carbonyl (C=O) groups is 1. The maximum absolute atomic E-state index is 13.6. The lowest BCUT2D eigenvalue weighted by molar-refractivity contribution is 0.0938. The number of H-pyrrole nitrogens is 1. The highest BCUT2D eigenvalue weighted by Gasteiger charge is 2.19. The van der Waals surface area contributed by atoms with Crippen molar-refractivity contribution in [2.75, 3.05) is 6.54 Å². The number of nitrogens with zero attached hydrogens (tertiary/aromatic N) is 2. The predicted octanol–water partition coefficient (Wildman–Crippen LogP) is 3.72. The lowest BCUT2D eigenvalue weighted by Gasteiger charge is -2.17. The summed E-state index contributed by atoms with van der Waals surface area (Å²) in [6, 6.07) is 17.6. The van der Waals surface area contributed by atoms with Gasteiger partial charge in [0.2, 0.25) is 0 Å². The normalized spacial score (nSPS) is 11.8. The zero-order chi connectivity index (χ0) is 22.5. The summed E-state index contributed by atoms with van der Waals surface area (Å²) >= 11 is 0. The number of benzene rings is 2. The molecule has 2 aromatic heterocycles. The number of hydrogen-bond acceptors (Lipinski definition) is 4. The summed E-state index contributed by atoms with van der Waals surface area (Å²) in [5.41, 5.74) is 9.19. The largest absolute Gasteiger partial charge is 0.348 e. The molecule has 0 spiro atoms. The molecule has 1 amide bonds. The Morgan fingerprint density at radius 1 is 1.03 bits per heavy atom. The van der Waals surface area contributed by atoms with Crippen LogP contribution in [0, 0.1) is 11.6 Å². The number of aromatic nitrogens is 3. The fourth-order valence-electron chi connectivity index (χ4n) is 3.40.